The summed E-state index contributed by atoms with van der Waals surface area (Å²) in [6.07, 6.45) is 0. The zero-order chi connectivity index (χ0) is 13.3. The molecular weight excluding hydrogens is 208 g/mol. The number of carboxylic acid groups (broad SMARTS) is 1. The number of aliphatic carboxylic acids is 1. The van der Waals surface area contributed by atoms with Gasteiger partial charge >= 0.3 is 5.97 Å². The summed E-state index contributed by atoms with van der Waals surface area (Å²) in [7, 11) is 0. The maximum atomic E-state index is 11.3. The Balaban J connectivity index is 3.78. The van der Waals surface area contributed by atoms with Crippen molar-refractivity contribution in [1.82, 2.24) is 0 Å². The molecule has 0 saturated heterocycles. The average Bonchev–Trinajstić information content (AvgIpc) is 2.29. The smallest absolute Gasteiger partial charge is 0.377 e. The van der Waals surface area contributed by atoms with E-state index >= 15 is 0 Å². The Morgan fingerprint density at radius 3 is 2.71 bits per heavy atom. The summed E-state index contributed by atoms with van der Waals surface area (Å²) in [5, 5.41) is 16.8. The summed E-state index contributed by atoms with van der Waals surface area (Å²) in [4.78, 5) is 21.8. The molecular formula is C9H4ClNO3. The third-order valence-electron chi connectivity index (χ3n) is 1.32. The van der Waals surface area contributed by atoms with E-state index in [1.54, 1.807) is 0 Å². The molecule has 4 nitrogen and oxygen atoms in total. The van der Waals surface area contributed by atoms with Gasteiger partial charge in [0.05, 0.1) is 15.7 Å². The van der Waals surface area contributed by atoms with E-state index in [1.165, 1.54) is 6.07 Å². The second-order valence-electron chi connectivity index (χ2n) is 2.19. The third-order valence-corrected chi connectivity index (χ3v) is 1.50. The highest BCUT2D eigenvalue weighted by Gasteiger charge is 2.18. The molecule has 1 rings (SSSR count). The minimum Gasteiger partial charge on any atom is -0.475 e. The van der Waals surface area contributed by atoms with E-state index in [2.05, 4.69) is 0 Å². The summed E-state index contributed by atoms with van der Waals surface area (Å²) >= 11 is 5.52. The minimum atomic E-state index is -1.86. The SMILES string of the molecule is [2H]c1c([2H])c([13C](=O)[13C](=O)O)c(C#N)c([2H])c1Cl. The second kappa shape index (κ2) is 3.90. The van der Waals surface area contributed by atoms with Crippen LogP contribution in [-0.2, 0) is 4.79 Å². The van der Waals surface area contributed by atoms with Gasteiger partial charge in [0.1, 0.15) is 0 Å². The molecule has 1 aromatic rings. The Morgan fingerprint density at radius 2 is 2.21 bits per heavy atom. The average molecular weight is 215 g/mol. The Morgan fingerprint density at radius 1 is 1.57 bits per heavy atom. The van der Waals surface area contributed by atoms with Gasteiger partial charge in [-0.1, -0.05) is 11.6 Å². The lowest BCUT2D eigenvalue weighted by molar-refractivity contribution is -0.131. The molecule has 1 N–H and O–H groups in total. The van der Waals surface area contributed by atoms with Gasteiger partial charge in [-0.05, 0) is 18.1 Å². The van der Waals surface area contributed by atoms with Crippen molar-refractivity contribution in [1.29, 1.82) is 5.26 Å². The van der Waals surface area contributed by atoms with Crippen LogP contribution in [0.25, 0.3) is 0 Å². The Hall–Kier alpha value is -1.86. The molecule has 14 heavy (non-hydrogen) atoms. The molecule has 1 aromatic carbocycles. The van der Waals surface area contributed by atoms with E-state index < -0.39 is 46.0 Å². The van der Waals surface area contributed by atoms with E-state index in [4.69, 9.17) is 26.1 Å². The van der Waals surface area contributed by atoms with E-state index in [0.717, 1.165) is 0 Å². The molecule has 0 spiro atoms. The fourth-order valence-electron chi connectivity index (χ4n) is 0.744. The van der Waals surface area contributed by atoms with Crippen LogP contribution >= 0.6 is 11.6 Å². The van der Waals surface area contributed by atoms with Crippen molar-refractivity contribution in [3.8, 4) is 6.07 Å². The van der Waals surface area contributed by atoms with Crippen LogP contribution in [-0.4, -0.2) is 16.9 Å². The highest BCUT2D eigenvalue weighted by atomic mass is 35.5. The Labute approximate surface area is 88.6 Å². The van der Waals surface area contributed by atoms with Gasteiger partial charge in [0.2, 0.25) is 0 Å². The molecule has 0 aliphatic rings. The molecule has 0 amide bonds. The highest BCUT2D eigenvalue weighted by molar-refractivity contribution is 6.40. The molecule has 5 heteroatoms. The molecule has 0 aliphatic heterocycles. The summed E-state index contributed by atoms with van der Waals surface area (Å²) in [5.41, 5.74) is -1.39. The number of hydrogen-bond acceptors (Lipinski definition) is 3. The van der Waals surface area contributed by atoms with Gasteiger partial charge in [0, 0.05) is 10.6 Å². The topological polar surface area (TPSA) is 78.2 Å². The number of Topliss-reactive ketones (excluding diaryl/α,β-unsaturated/α-hetero) is 1. The molecule has 0 aromatic heterocycles. The molecule has 0 fully saturated rings. The Kier molecular flexibility index (Phi) is 1.83. The zero-order valence-corrected chi connectivity index (χ0v) is 7.34. The van der Waals surface area contributed by atoms with Crippen molar-refractivity contribution in [2.75, 3.05) is 0 Å². The summed E-state index contributed by atoms with van der Waals surface area (Å²) in [6.45, 7) is 0. The standard InChI is InChI=1S/C9H4ClNO3/c10-6-1-2-7(5(3-6)4-11)8(12)9(13)14/h1-3H,(H,13,14)/i1D,2D,3D,8+1,9+1. The van der Waals surface area contributed by atoms with Crippen LogP contribution in [0.5, 0.6) is 0 Å². The van der Waals surface area contributed by atoms with Crippen molar-refractivity contribution < 1.29 is 18.8 Å². The number of nitriles is 1. The van der Waals surface area contributed by atoms with E-state index in [1.807, 2.05) is 0 Å². The predicted octanol–water partition coefficient (Wildman–Crippen LogP) is 1.48. The first-order valence-electron chi connectivity index (χ1n) is 4.79. The van der Waals surface area contributed by atoms with Crippen molar-refractivity contribution >= 4 is 23.4 Å². The van der Waals surface area contributed by atoms with Crippen LogP contribution < -0.4 is 0 Å². The van der Waals surface area contributed by atoms with Crippen LogP contribution in [0.4, 0.5) is 0 Å². The van der Waals surface area contributed by atoms with Gasteiger partial charge < -0.3 is 5.11 Å². The quantitative estimate of drug-likeness (QED) is 0.460. The lowest BCUT2D eigenvalue weighted by Crippen LogP contribution is -2.14. The van der Waals surface area contributed by atoms with Gasteiger partial charge in [0.25, 0.3) is 5.78 Å². The normalized spacial score (nSPS) is 12.1. The molecule has 0 aliphatic carbocycles. The number of carboxylic acids is 1. The maximum absolute atomic E-state index is 11.3. The summed E-state index contributed by atoms with van der Waals surface area (Å²) < 4.78 is 22.2. The second-order valence-corrected chi connectivity index (χ2v) is 2.56. The Bertz CT molecular complexity index is 580. The first kappa shape index (κ1) is 6.57. The number of hydrogen-bond donors (Lipinski definition) is 1. The molecule has 0 radical (unpaired) electrons. The van der Waals surface area contributed by atoms with Crippen molar-refractivity contribution in [2.45, 2.75) is 0 Å². The van der Waals surface area contributed by atoms with Gasteiger partial charge in [0.15, 0.2) is 0 Å². The van der Waals surface area contributed by atoms with Gasteiger partial charge in [-0.2, -0.15) is 5.26 Å². The maximum Gasteiger partial charge on any atom is 0.377 e. The molecule has 0 saturated carbocycles. The van der Waals surface area contributed by atoms with Crippen LogP contribution in [0.15, 0.2) is 18.1 Å². The van der Waals surface area contributed by atoms with Crippen LogP contribution in [0.1, 0.15) is 20.0 Å². The number of nitrogens with zero attached hydrogens (tertiary/aromatic N) is 1. The van der Waals surface area contributed by atoms with Crippen molar-refractivity contribution in [3.05, 3.63) is 34.3 Å². The first-order chi connectivity index (χ1) is 7.82. The highest BCUT2D eigenvalue weighted by Crippen LogP contribution is 2.15. The lowest BCUT2D eigenvalue weighted by Gasteiger charge is -1.99. The number of halogens is 1. The number of ketones is 1. The molecule has 0 atom stereocenters. The van der Waals surface area contributed by atoms with Crippen LogP contribution in [0.3, 0.4) is 0 Å². The fraction of sp³-hybridized carbons (Fsp3) is 0. The summed E-state index contributed by atoms with van der Waals surface area (Å²) in [5.74, 6) is -3.37. The first-order valence-corrected chi connectivity index (χ1v) is 3.67. The van der Waals surface area contributed by atoms with Gasteiger partial charge in [-0.25, -0.2) is 4.79 Å². The molecule has 0 bridgehead atoms. The number of rotatable bonds is 2. The minimum absolute atomic E-state index is 0.464. The van der Waals surface area contributed by atoms with E-state index in [9.17, 15) is 9.59 Å². The van der Waals surface area contributed by atoms with E-state index in [-0.39, 0.29) is 0 Å². The summed E-state index contributed by atoms with van der Waals surface area (Å²) in [6, 6.07) is -0.597. The third kappa shape index (κ3) is 1.90. The van der Waals surface area contributed by atoms with Gasteiger partial charge in [-0.15, -0.1) is 0 Å². The number of carbonyl (C=O) groups is 2. The molecule has 70 valence electrons. The van der Waals surface area contributed by atoms with E-state index in [0.29, 0.717) is 0 Å². The van der Waals surface area contributed by atoms with Crippen LogP contribution in [0, 0.1) is 11.3 Å². The number of carbonyl (C=O) groups excluding carboxylic acids is 1. The number of benzene rings is 1. The van der Waals surface area contributed by atoms with Gasteiger partial charge in [-0.3, -0.25) is 4.79 Å². The monoisotopic (exact) mass is 214 g/mol. The zero-order valence-electron chi connectivity index (χ0n) is 9.59. The van der Waals surface area contributed by atoms with Crippen molar-refractivity contribution in [2.24, 2.45) is 0 Å². The largest absolute Gasteiger partial charge is 0.475 e. The lowest BCUT2D eigenvalue weighted by atomic mass is 10.2. The molecule has 0 unspecified atom stereocenters. The molecule has 0 heterocycles. The van der Waals surface area contributed by atoms with Crippen LogP contribution in [0.2, 0.25) is 5.02 Å². The van der Waals surface area contributed by atoms with Crippen molar-refractivity contribution in [3.63, 3.8) is 0 Å². The predicted molar refractivity (Wildman–Crippen MR) is 48.1 cm³/mol. The fourth-order valence-corrected chi connectivity index (χ4v) is 0.886.